The van der Waals surface area contributed by atoms with Crippen LogP contribution in [0.5, 0.6) is 11.5 Å². The second-order valence-electron chi connectivity index (χ2n) is 6.03. The summed E-state index contributed by atoms with van der Waals surface area (Å²) in [6.45, 7) is 4.70. The Morgan fingerprint density at radius 1 is 1.37 bits per heavy atom. The first-order valence-corrected chi connectivity index (χ1v) is 7.05. The Bertz CT molecular complexity index is 450. The third-order valence-electron chi connectivity index (χ3n) is 3.11. The van der Waals surface area contributed by atoms with E-state index in [0.29, 0.717) is 22.4 Å². The van der Waals surface area contributed by atoms with Crippen LogP contribution in [0.4, 0.5) is 0 Å². The Kier molecular flexibility index (Phi) is 4.26. The van der Waals surface area contributed by atoms with Crippen molar-refractivity contribution in [2.24, 2.45) is 11.7 Å². The smallest absolute Gasteiger partial charge is 0.179 e. The van der Waals surface area contributed by atoms with Crippen LogP contribution in [0.1, 0.15) is 32.3 Å². The lowest BCUT2D eigenvalue weighted by molar-refractivity contribution is 0.280. The number of methoxy groups -OCH3 is 1. The number of nitrogens with two attached hydrogens (primary N) is 1. The van der Waals surface area contributed by atoms with E-state index in [-0.39, 0.29) is 5.54 Å². The minimum atomic E-state index is -0.273. The van der Waals surface area contributed by atoms with Gasteiger partial charge in [0, 0.05) is 5.54 Å². The van der Waals surface area contributed by atoms with Gasteiger partial charge in [-0.25, -0.2) is 0 Å². The molecule has 2 N–H and O–H groups in total. The number of ether oxygens (including phenoxy) is 2. The molecule has 3 nitrogen and oxygen atoms in total. The Labute approximate surface area is 120 Å². The highest BCUT2D eigenvalue weighted by atomic mass is 35.5. The fourth-order valence-corrected chi connectivity index (χ4v) is 2.32. The normalized spacial score (nSPS) is 15.4. The molecule has 4 heteroatoms. The van der Waals surface area contributed by atoms with Crippen LogP contribution in [-0.4, -0.2) is 19.3 Å². The third kappa shape index (κ3) is 4.29. The molecule has 1 aliphatic carbocycles. The summed E-state index contributed by atoms with van der Waals surface area (Å²) >= 11 is 6.30. The van der Waals surface area contributed by atoms with E-state index < -0.39 is 0 Å². The van der Waals surface area contributed by atoms with E-state index in [4.69, 9.17) is 26.8 Å². The first-order chi connectivity index (χ1) is 8.89. The summed E-state index contributed by atoms with van der Waals surface area (Å²) in [5.41, 5.74) is 6.83. The van der Waals surface area contributed by atoms with Gasteiger partial charge in [0.05, 0.1) is 18.7 Å². The maximum Gasteiger partial charge on any atom is 0.179 e. The van der Waals surface area contributed by atoms with E-state index in [2.05, 4.69) is 0 Å². The zero-order chi connectivity index (χ0) is 14.0. The first kappa shape index (κ1) is 14.5. The molecule has 19 heavy (non-hydrogen) atoms. The van der Waals surface area contributed by atoms with E-state index in [9.17, 15) is 0 Å². The van der Waals surface area contributed by atoms with E-state index >= 15 is 0 Å². The van der Waals surface area contributed by atoms with E-state index in [0.717, 1.165) is 18.6 Å². The third-order valence-corrected chi connectivity index (χ3v) is 3.39. The van der Waals surface area contributed by atoms with Crippen molar-refractivity contribution < 1.29 is 9.47 Å². The summed E-state index contributed by atoms with van der Waals surface area (Å²) in [7, 11) is 1.63. The van der Waals surface area contributed by atoms with Gasteiger partial charge in [-0.1, -0.05) is 11.6 Å². The first-order valence-electron chi connectivity index (χ1n) is 6.67. The highest BCUT2D eigenvalue weighted by molar-refractivity contribution is 6.32. The van der Waals surface area contributed by atoms with E-state index in [1.54, 1.807) is 7.11 Å². The zero-order valence-corrected chi connectivity index (χ0v) is 12.6. The van der Waals surface area contributed by atoms with Crippen molar-refractivity contribution in [2.45, 2.75) is 38.6 Å². The lowest BCUT2D eigenvalue weighted by Gasteiger charge is -2.20. The summed E-state index contributed by atoms with van der Waals surface area (Å²) < 4.78 is 11.2. The van der Waals surface area contributed by atoms with Gasteiger partial charge >= 0.3 is 0 Å². The number of halogens is 1. The fraction of sp³-hybridized carbons (Fsp3) is 0.600. The number of benzene rings is 1. The summed E-state index contributed by atoms with van der Waals surface area (Å²) in [6, 6.07) is 3.88. The van der Waals surface area contributed by atoms with Crippen LogP contribution < -0.4 is 15.2 Å². The molecule has 1 fully saturated rings. The molecular formula is C15H22ClNO2. The number of hydrogen-bond acceptors (Lipinski definition) is 3. The van der Waals surface area contributed by atoms with Gasteiger partial charge in [-0.05, 0) is 56.7 Å². The van der Waals surface area contributed by atoms with Crippen LogP contribution in [0.3, 0.4) is 0 Å². The van der Waals surface area contributed by atoms with Crippen molar-refractivity contribution in [2.75, 3.05) is 13.7 Å². The van der Waals surface area contributed by atoms with Crippen molar-refractivity contribution in [3.8, 4) is 11.5 Å². The van der Waals surface area contributed by atoms with Crippen molar-refractivity contribution in [3.05, 3.63) is 22.7 Å². The molecule has 0 spiro atoms. The summed E-state index contributed by atoms with van der Waals surface area (Å²) in [5.74, 6) is 2.02. The topological polar surface area (TPSA) is 44.5 Å². The molecule has 0 bridgehead atoms. The van der Waals surface area contributed by atoms with E-state index in [1.165, 1.54) is 12.8 Å². The molecule has 1 aromatic rings. The molecule has 0 amide bonds. The molecule has 1 saturated carbocycles. The van der Waals surface area contributed by atoms with Crippen LogP contribution in [0, 0.1) is 5.92 Å². The largest absolute Gasteiger partial charge is 0.493 e. The summed E-state index contributed by atoms with van der Waals surface area (Å²) in [5, 5.41) is 0.597. The Balaban J connectivity index is 2.18. The highest BCUT2D eigenvalue weighted by Gasteiger charge is 2.24. The predicted molar refractivity (Wildman–Crippen MR) is 78.2 cm³/mol. The Hall–Kier alpha value is -0.930. The molecule has 106 valence electrons. The fourth-order valence-electron chi connectivity index (χ4n) is 2.03. The van der Waals surface area contributed by atoms with Crippen LogP contribution in [-0.2, 0) is 6.42 Å². The highest BCUT2D eigenvalue weighted by Crippen LogP contribution is 2.39. The lowest BCUT2D eigenvalue weighted by atomic mass is 9.96. The van der Waals surface area contributed by atoms with E-state index in [1.807, 2.05) is 26.0 Å². The van der Waals surface area contributed by atoms with Crippen LogP contribution in [0.2, 0.25) is 5.02 Å². The van der Waals surface area contributed by atoms with Crippen molar-refractivity contribution in [3.63, 3.8) is 0 Å². The molecule has 0 unspecified atom stereocenters. The van der Waals surface area contributed by atoms with Crippen LogP contribution >= 0.6 is 11.6 Å². The summed E-state index contributed by atoms with van der Waals surface area (Å²) in [6.07, 6.45) is 3.24. The molecule has 0 aromatic heterocycles. The minimum Gasteiger partial charge on any atom is -0.493 e. The molecule has 0 radical (unpaired) electrons. The molecule has 1 aliphatic rings. The van der Waals surface area contributed by atoms with Crippen molar-refractivity contribution in [1.82, 2.24) is 0 Å². The summed E-state index contributed by atoms with van der Waals surface area (Å²) in [4.78, 5) is 0. The van der Waals surface area contributed by atoms with Gasteiger partial charge in [0.15, 0.2) is 11.5 Å². The second-order valence-corrected chi connectivity index (χ2v) is 6.44. The molecule has 0 heterocycles. The molecular weight excluding hydrogens is 262 g/mol. The Morgan fingerprint density at radius 2 is 2.05 bits per heavy atom. The van der Waals surface area contributed by atoms with Gasteiger partial charge in [-0.3, -0.25) is 0 Å². The van der Waals surface area contributed by atoms with Crippen LogP contribution in [0.15, 0.2) is 12.1 Å². The average molecular weight is 284 g/mol. The number of rotatable bonds is 6. The lowest BCUT2D eigenvalue weighted by Crippen LogP contribution is -2.34. The second kappa shape index (κ2) is 5.59. The Morgan fingerprint density at radius 3 is 2.58 bits per heavy atom. The van der Waals surface area contributed by atoms with Gasteiger partial charge in [0.25, 0.3) is 0 Å². The SMILES string of the molecule is COc1cc(CC(C)(C)N)cc(Cl)c1OCC1CC1. The standard InChI is InChI=1S/C15H22ClNO2/c1-15(2,17)8-11-6-12(16)14(13(7-11)18-3)19-9-10-4-5-10/h6-7,10H,4-5,8-9,17H2,1-3H3. The maximum atomic E-state index is 6.30. The number of hydrogen-bond donors (Lipinski definition) is 1. The monoisotopic (exact) mass is 283 g/mol. The van der Waals surface area contributed by atoms with Crippen molar-refractivity contribution >= 4 is 11.6 Å². The van der Waals surface area contributed by atoms with Gasteiger partial charge in [0.2, 0.25) is 0 Å². The predicted octanol–water partition coefficient (Wildman–Crippen LogP) is 3.42. The van der Waals surface area contributed by atoms with Crippen molar-refractivity contribution in [1.29, 1.82) is 0 Å². The minimum absolute atomic E-state index is 0.273. The molecule has 0 aliphatic heterocycles. The van der Waals surface area contributed by atoms with Crippen LogP contribution in [0.25, 0.3) is 0 Å². The average Bonchev–Trinajstić information content (AvgIpc) is 3.08. The molecule has 0 atom stereocenters. The van der Waals surface area contributed by atoms with Gasteiger partial charge in [-0.2, -0.15) is 0 Å². The molecule has 0 saturated heterocycles. The molecule has 1 aromatic carbocycles. The van der Waals surface area contributed by atoms with Gasteiger partial charge < -0.3 is 15.2 Å². The van der Waals surface area contributed by atoms with Gasteiger partial charge in [-0.15, -0.1) is 0 Å². The van der Waals surface area contributed by atoms with Gasteiger partial charge in [0.1, 0.15) is 0 Å². The zero-order valence-electron chi connectivity index (χ0n) is 11.8. The maximum absolute atomic E-state index is 6.30. The molecule has 2 rings (SSSR count). The quantitative estimate of drug-likeness (QED) is 0.870.